The molecule has 27 heavy (non-hydrogen) atoms. The molecule has 0 aliphatic carbocycles. The number of ether oxygens (including phenoxy) is 1. The van der Waals surface area contributed by atoms with Crippen molar-refractivity contribution < 1.29 is 4.74 Å². The molecular formula is C20H23N5OS. The van der Waals surface area contributed by atoms with Crippen molar-refractivity contribution in [3.05, 3.63) is 41.5 Å². The van der Waals surface area contributed by atoms with E-state index in [1.807, 2.05) is 0 Å². The highest BCUT2D eigenvalue weighted by molar-refractivity contribution is 7.17. The molecule has 0 amide bonds. The van der Waals surface area contributed by atoms with Crippen molar-refractivity contribution in [3.63, 3.8) is 0 Å². The summed E-state index contributed by atoms with van der Waals surface area (Å²) in [4.78, 5) is 13.2. The second-order valence-electron chi connectivity index (χ2n) is 7.22. The summed E-state index contributed by atoms with van der Waals surface area (Å²) in [5.74, 6) is 2.41. The fourth-order valence-corrected chi connectivity index (χ4v) is 5.12. The van der Waals surface area contributed by atoms with Crippen molar-refractivity contribution in [1.82, 2.24) is 20.8 Å². The zero-order valence-electron chi connectivity index (χ0n) is 15.3. The second-order valence-corrected chi connectivity index (χ2v) is 8.08. The van der Waals surface area contributed by atoms with Crippen LogP contribution in [0.15, 0.2) is 35.7 Å². The Morgan fingerprint density at radius 1 is 1.26 bits per heavy atom. The summed E-state index contributed by atoms with van der Waals surface area (Å²) in [5.41, 5.74) is 9.15. The van der Waals surface area contributed by atoms with E-state index in [9.17, 15) is 0 Å². The monoisotopic (exact) mass is 381 g/mol. The molecule has 0 spiro atoms. The molecule has 0 bridgehead atoms. The number of hydrazine groups is 1. The number of hydrogen-bond acceptors (Lipinski definition) is 7. The van der Waals surface area contributed by atoms with Crippen molar-refractivity contribution in [2.45, 2.75) is 19.1 Å². The van der Waals surface area contributed by atoms with Gasteiger partial charge in [-0.25, -0.2) is 9.97 Å². The van der Waals surface area contributed by atoms with E-state index < -0.39 is 0 Å². The number of nitrogens with one attached hydrogen (secondary N) is 2. The lowest BCUT2D eigenvalue weighted by atomic mass is 9.94. The normalized spacial score (nSPS) is 22.3. The van der Waals surface area contributed by atoms with Gasteiger partial charge >= 0.3 is 0 Å². The van der Waals surface area contributed by atoms with Crippen LogP contribution in [-0.4, -0.2) is 42.8 Å². The molecule has 5 rings (SSSR count). The van der Waals surface area contributed by atoms with Crippen LogP contribution in [0.5, 0.6) is 0 Å². The van der Waals surface area contributed by atoms with E-state index in [4.69, 9.17) is 14.7 Å². The Kier molecular flexibility index (Phi) is 4.53. The number of thiophene rings is 1. The van der Waals surface area contributed by atoms with Gasteiger partial charge in [0, 0.05) is 49.6 Å². The quantitative estimate of drug-likeness (QED) is 0.725. The fourth-order valence-electron chi connectivity index (χ4n) is 4.16. The minimum Gasteiger partial charge on any atom is -0.377 e. The zero-order valence-corrected chi connectivity index (χ0v) is 16.1. The highest BCUT2D eigenvalue weighted by atomic mass is 32.1. The number of aromatic nitrogens is 2. The molecule has 1 aromatic carbocycles. The van der Waals surface area contributed by atoms with Gasteiger partial charge in [-0.05, 0) is 12.0 Å². The van der Waals surface area contributed by atoms with Gasteiger partial charge in [-0.1, -0.05) is 30.3 Å². The Morgan fingerprint density at radius 2 is 2.15 bits per heavy atom. The minimum atomic E-state index is 0.435. The first-order chi connectivity index (χ1) is 13.3. The molecule has 2 fully saturated rings. The maximum Gasteiger partial charge on any atom is 0.158 e. The predicted molar refractivity (Wildman–Crippen MR) is 109 cm³/mol. The Labute approximate surface area is 162 Å². The lowest BCUT2D eigenvalue weighted by molar-refractivity contribution is 0.178. The molecule has 2 saturated heterocycles. The third-order valence-electron chi connectivity index (χ3n) is 5.50. The Balaban J connectivity index is 1.63. The maximum atomic E-state index is 5.32. The summed E-state index contributed by atoms with van der Waals surface area (Å²) in [6, 6.07) is 11.1. The molecule has 2 aliphatic rings. The minimum absolute atomic E-state index is 0.435. The smallest absolute Gasteiger partial charge is 0.158 e. The standard InChI is InChI=1S/C20H23N5OS/c1-26-11-17-22-19(25-8-7-16-14(10-25)9-21-24-16)18-15(12-27-20(18)23-17)13-5-3-2-4-6-13/h2-6,12,14,16,21,24H,7-11H2,1H3. The third-order valence-corrected chi connectivity index (χ3v) is 6.38. The van der Waals surface area contributed by atoms with Crippen LogP contribution in [0.25, 0.3) is 21.3 Å². The Morgan fingerprint density at radius 3 is 3.00 bits per heavy atom. The average molecular weight is 382 g/mol. The molecular weight excluding hydrogens is 358 g/mol. The summed E-state index contributed by atoms with van der Waals surface area (Å²) >= 11 is 1.69. The van der Waals surface area contributed by atoms with Crippen molar-refractivity contribution in [2.24, 2.45) is 5.92 Å². The van der Waals surface area contributed by atoms with E-state index in [0.29, 0.717) is 18.6 Å². The molecule has 0 radical (unpaired) electrons. The lowest BCUT2D eigenvalue weighted by Gasteiger charge is -2.35. The van der Waals surface area contributed by atoms with Crippen LogP contribution in [-0.2, 0) is 11.3 Å². The number of rotatable bonds is 4. The molecule has 2 unspecified atom stereocenters. The molecule has 7 heteroatoms. The summed E-state index contributed by atoms with van der Waals surface area (Å²) < 4.78 is 5.32. The van der Waals surface area contributed by atoms with Gasteiger partial charge < -0.3 is 9.64 Å². The number of piperidine rings is 1. The van der Waals surface area contributed by atoms with Crippen molar-refractivity contribution in [1.29, 1.82) is 0 Å². The first-order valence-corrected chi connectivity index (χ1v) is 10.3. The number of anilines is 1. The Hall–Kier alpha value is -2.06. The zero-order chi connectivity index (χ0) is 18.2. The van der Waals surface area contributed by atoms with Gasteiger partial charge in [0.05, 0.1) is 5.39 Å². The average Bonchev–Trinajstić information content (AvgIpc) is 3.34. The van der Waals surface area contributed by atoms with Crippen molar-refractivity contribution in [3.8, 4) is 11.1 Å². The van der Waals surface area contributed by atoms with E-state index >= 15 is 0 Å². The van der Waals surface area contributed by atoms with Gasteiger partial charge in [0.2, 0.25) is 0 Å². The Bertz CT molecular complexity index is 944. The molecule has 2 aliphatic heterocycles. The van der Waals surface area contributed by atoms with E-state index in [-0.39, 0.29) is 0 Å². The van der Waals surface area contributed by atoms with Crippen LogP contribution in [0.4, 0.5) is 5.82 Å². The van der Waals surface area contributed by atoms with Gasteiger partial charge in [-0.3, -0.25) is 10.9 Å². The largest absolute Gasteiger partial charge is 0.377 e. The predicted octanol–water partition coefficient (Wildman–Crippen LogP) is 2.81. The van der Waals surface area contributed by atoms with Crippen LogP contribution in [0.1, 0.15) is 12.2 Å². The van der Waals surface area contributed by atoms with Gasteiger partial charge in [0.1, 0.15) is 17.3 Å². The maximum absolute atomic E-state index is 5.32. The van der Waals surface area contributed by atoms with Crippen molar-refractivity contribution in [2.75, 3.05) is 31.6 Å². The third kappa shape index (κ3) is 3.10. The van der Waals surface area contributed by atoms with E-state index in [0.717, 1.165) is 42.5 Å². The highest BCUT2D eigenvalue weighted by Gasteiger charge is 2.34. The second kappa shape index (κ2) is 7.16. The first-order valence-electron chi connectivity index (χ1n) is 9.39. The van der Waals surface area contributed by atoms with Crippen LogP contribution in [0.3, 0.4) is 0 Å². The topological polar surface area (TPSA) is 62.3 Å². The SMILES string of the molecule is COCc1nc(N2CCC3NNCC3C2)c2c(-c3ccccc3)csc2n1. The van der Waals surface area contributed by atoms with Gasteiger partial charge in [-0.2, -0.15) is 0 Å². The summed E-state index contributed by atoms with van der Waals surface area (Å²) in [7, 11) is 1.69. The number of fused-ring (bicyclic) bond motifs is 2. The van der Waals surface area contributed by atoms with Crippen LogP contribution in [0, 0.1) is 5.92 Å². The first kappa shape index (κ1) is 17.1. The van der Waals surface area contributed by atoms with Crippen molar-refractivity contribution >= 4 is 27.4 Å². The number of hydrogen-bond donors (Lipinski definition) is 2. The van der Waals surface area contributed by atoms with E-state index in [1.165, 1.54) is 16.5 Å². The molecule has 6 nitrogen and oxygen atoms in total. The van der Waals surface area contributed by atoms with Crippen LogP contribution in [0.2, 0.25) is 0 Å². The summed E-state index contributed by atoms with van der Waals surface area (Å²) in [5, 5.41) is 3.38. The molecule has 2 N–H and O–H groups in total. The van der Waals surface area contributed by atoms with E-state index in [1.54, 1.807) is 18.4 Å². The van der Waals surface area contributed by atoms with E-state index in [2.05, 4.69) is 51.5 Å². The molecule has 3 aromatic rings. The molecule has 0 saturated carbocycles. The van der Waals surface area contributed by atoms with Crippen LogP contribution >= 0.6 is 11.3 Å². The number of benzene rings is 1. The molecule has 4 heterocycles. The van der Waals surface area contributed by atoms with Crippen LogP contribution < -0.4 is 15.8 Å². The molecule has 2 atom stereocenters. The fraction of sp³-hybridized carbons (Fsp3) is 0.400. The summed E-state index contributed by atoms with van der Waals surface area (Å²) in [6.07, 6.45) is 1.12. The van der Waals surface area contributed by atoms with Gasteiger partial charge in [0.15, 0.2) is 5.82 Å². The lowest BCUT2D eigenvalue weighted by Crippen LogP contribution is -2.45. The number of methoxy groups -OCH3 is 1. The van der Waals surface area contributed by atoms with Gasteiger partial charge in [-0.15, -0.1) is 11.3 Å². The molecule has 140 valence electrons. The van der Waals surface area contributed by atoms with Gasteiger partial charge in [0.25, 0.3) is 0 Å². The number of nitrogens with zero attached hydrogens (tertiary/aromatic N) is 3. The highest BCUT2D eigenvalue weighted by Crippen LogP contribution is 2.39. The summed E-state index contributed by atoms with van der Waals surface area (Å²) in [6.45, 7) is 3.45. The molecule has 2 aromatic heterocycles.